The molecule has 0 radical (unpaired) electrons. The predicted molar refractivity (Wildman–Crippen MR) is 110 cm³/mol. The van der Waals surface area contributed by atoms with Crippen LogP contribution in [0.1, 0.15) is 28.8 Å². The van der Waals surface area contributed by atoms with Gasteiger partial charge in [0, 0.05) is 17.6 Å². The second-order valence-electron chi connectivity index (χ2n) is 7.41. The Morgan fingerprint density at radius 2 is 1.81 bits per heavy atom. The van der Waals surface area contributed by atoms with Crippen LogP contribution in [0.3, 0.4) is 0 Å². The summed E-state index contributed by atoms with van der Waals surface area (Å²) >= 11 is 0. The molecule has 1 saturated heterocycles. The number of amides is 2. The minimum atomic E-state index is -4.52. The van der Waals surface area contributed by atoms with Crippen molar-refractivity contribution in [2.24, 2.45) is 0 Å². The fourth-order valence-electron chi connectivity index (χ4n) is 3.86. The summed E-state index contributed by atoms with van der Waals surface area (Å²) in [6, 6.07) is 13.8. The number of aromatic hydroxyl groups is 1. The van der Waals surface area contributed by atoms with E-state index in [1.165, 1.54) is 23.1 Å². The van der Waals surface area contributed by atoms with Crippen LogP contribution in [0.15, 0.2) is 60.7 Å². The topological polar surface area (TPSA) is 69.6 Å². The number of nitrogens with zero attached hydrogens (tertiary/aromatic N) is 1. The van der Waals surface area contributed by atoms with Crippen molar-refractivity contribution in [3.8, 4) is 5.75 Å². The highest BCUT2D eigenvalue weighted by molar-refractivity contribution is 6.06. The summed E-state index contributed by atoms with van der Waals surface area (Å²) in [5, 5.41) is 14.4. The summed E-state index contributed by atoms with van der Waals surface area (Å²) in [6.45, 7) is 0.311. The molecule has 4 rings (SSSR count). The number of phenolic OH excluding ortho intramolecular Hbond substituents is 1. The van der Waals surface area contributed by atoms with Gasteiger partial charge in [-0.3, -0.25) is 9.59 Å². The standard InChI is InChI=1S/C23H19F3N2O3/c24-23(25,26)15-6-3-7-16(13-15)27-21(30)19-9-4-12-28(19)22(31)18-11-10-14-5-1-2-8-17(14)20(18)29/h1-3,5-8,10-11,13,19,29H,4,9,12H2,(H,27,30). The SMILES string of the molecule is O=C(Nc1cccc(C(F)(F)F)c1)C1CCCN1C(=O)c1ccc2ccccc2c1O. The maximum Gasteiger partial charge on any atom is 0.416 e. The number of hydrogen-bond donors (Lipinski definition) is 2. The third kappa shape index (κ3) is 4.05. The lowest BCUT2D eigenvalue weighted by Gasteiger charge is -2.24. The Morgan fingerprint density at radius 1 is 1.03 bits per heavy atom. The van der Waals surface area contributed by atoms with E-state index in [-0.39, 0.29) is 17.0 Å². The van der Waals surface area contributed by atoms with Crippen LogP contribution in [-0.4, -0.2) is 34.4 Å². The molecule has 3 aromatic rings. The number of phenols is 1. The highest BCUT2D eigenvalue weighted by Crippen LogP contribution is 2.33. The van der Waals surface area contributed by atoms with E-state index < -0.39 is 29.6 Å². The van der Waals surface area contributed by atoms with Crippen molar-refractivity contribution in [3.63, 3.8) is 0 Å². The number of hydrogen-bond acceptors (Lipinski definition) is 3. The zero-order valence-electron chi connectivity index (χ0n) is 16.3. The molecule has 0 saturated carbocycles. The first-order valence-electron chi connectivity index (χ1n) is 9.75. The molecule has 160 valence electrons. The summed E-state index contributed by atoms with van der Waals surface area (Å²) in [6.07, 6.45) is -3.57. The van der Waals surface area contributed by atoms with Crippen LogP contribution in [0.25, 0.3) is 10.8 Å². The van der Waals surface area contributed by atoms with E-state index in [1.54, 1.807) is 18.2 Å². The smallest absolute Gasteiger partial charge is 0.416 e. The van der Waals surface area contributed by atoms with E-state index in [0.717, 1.165) is 17.5 Å². The number of alkyl halides is 3. The summed E-state index contributed by atoms with van der Waals surface area (Å²) < 4.78 is 38.8. The molecule has 31 heavy (non-hydrogen) atoms. The molecule has 1 heterocycles. The van der Waals surface area contributed by atoms with E-state index in [0.29, 0.717) is 24.8 Å². The molecular formula is C23H19F3N2O3. The van der Waals surface area contributed by atoms with E-state index in [1.807, 2.05) is 12.1 Å². The lowest BCUT2D eigenvalue weighted by Crippen LogP contribution is -2.43. The number of carbonyl (C=O) groups is 2. The number of nitrogens with one attached hydrogen (secondary N) is 1. The Balaban J connectivity index is 1.56. The van der Waals surface area contributed by atoms with Crippen LogP contribution in [0.5, 0.6) is 5.75 Å². The van der Waals surface area contributed by atoms with E-state index >= 15 is 0 Å². The van der Waals surface area contributed by atoms with Crippen molar-refractivity contribution in [1.82, 2.24) is 4.90 Å². The third-order valence-corrected chi connectivity index (χ3v) is 5.40. The average molecular weight is 428 g/mol. The van der Waals surface area contributed by atoms with E-state index in [9.17, 15) is 27.9 Å². The molecule has 5 nitrogen and oxygen atoms in total. The zero-order valence-corrected chi connectivity index (χ0v) is 16.3. The second-order valence-corrected chi connectivity index (χ2v) is 7.41. The van der Waals surface area contributed by atoms with Crippen LogP contribution >= 0.6 is 0 Å². The van der Waals surface area contributed by atoms with Crippen LogP contribution in [0, 0.1) is 0 Å². The molecular weight excluding hydrogens is 409 g/mol. The van der Waals surface area contributed by atoms with Crippen molar-refractivity contribution >= 4 is 28.3 Å². The Bertz CT molecular complexity index is 1160. The molecule has 0 aromatic heterocycles. The minimum Gasteiger partial charge on any atom is -0.506 e. The molecule has 1 fully saturated rings. The Hall–Kier alpha value is -3.55. The number of fused-ring (bicyclic) bond motifs is 1. The average Bonchev–Trinajstić information content (AvgIpc) is 3.23. The van der Waals surface area contributed by atoms with Crippen LogP contribution in [0.4, 0.5) is 18.9 Å². The first kappa shape index (κ1) is 20.7. The third-order valence-electron chi connectivity index (χ3n) is 5.40. The van der Waals surface area contributed by atoms with Gasteiger partial charge in [0.2, 0.25) is 5.91 Å². The van der Waals surface area contributed by atoms with Gasteiger partial charge in [-0.2, -0.15) is 13.2 Å². The van der Waals surface area contributed by atoms with Crippen molar-refractivity contribution in [3.05, 3.63) is 71.8 Å². The first-order chi connectivity index (χ1) is 14.8. The molecule has 0 spiro atoms. The molecule has 3 aromatic carbocycles. The maximum atomic E-state index is 13.1. The fourth-order valence-corrected chi connectivity index (χ4v) is 3.86. The van der Waals surface area contributed by atoms with Crippen molar-refractivity contribution in [2.75, 3.05) is 11.9 Å². The van der Waals surface area contributed by atoms with Crippen molar-refractivity contribution in [1.29, 1.82) is 0 Å². The lowest BCUT2D eigenvalue weighted by atomic mass is 10.0. The molecule has 8 heteroatoms. The maximum absolute atomic E-state index is 13.1. The molecule has 1 unspecified atom stereocenters. The van der Waals surface area contributed by atoms with Gasteiger partial charge in [-0.15, -0.1) is 0 Å². The highest BCUT2D eigenvalue weighted by atomic mass is 19.4. The van der Waals surface area contributed by atoms with Gasteiger partial charge in [-0.25, -0.2) is 0 Å². The van der Waals surface area contributed by atoms with Gasteiger partial charge in [-0.05, 0) is 42.5 Å². The lowest BCUT2D eigenvalue weighted by molar-refractivity contribution is -0.137. The quantitative estimate of drug-likeness (QED) is 0.629. The Morgan fingerprint density at radius 3 is 2.58 bits per heavy atom. The number of carbonyl (C=O) groups excluding carboxylic acids is 2. The van der Waals surface area contributed by atoms with Gasteiger partial charge in [-0.1, -0.05) is 36.4 Å². The summed E-state index contributed by atoms with van der Waals surface area (Å²) in [5.41, 5.74) is -0.782. The van der Waals surface area contributed by atoms with Crippen molar-refractivity contribution in [2.45, 2.75) is 25.1 Å². The molecule has 2 amide bonds. The summed E-state index contributed by atoms with van der Waals surface area (Å²) in [7, 11) is 0. The largest absolute Gasteiger partial charge is 0.506 e. The number of rotatable bonds is 3. The molecule has 1 aliphatic rings. The Labute approximate surface area is 176 Å². The molecule has 2 N–H and O–H groups in total. The van der Waals surface area contributed by atoms with Gasteiger partial charge >= 0.3 is 6.18 Å². The van der Waals surface area contributed by atoms with Gasteiger partial charge in [0.25, 0.3) is 5.91 Å². The normalized spacial score (nSPS) is 16.5. The van der Waals surface area contributed by atoms with Gasteiger partial charge in [0.05, 0.1) is 11.1 Å². The zero-order chi connectivity index (χ0) is 22.2. The monoisotopic (exact) mass is 428 g/mol. The minimum absolute atomic E-state index is 0.00711. The van der Waals surface area contributed by atoms with Gasteiger partial charge in [0.1, 0.15) is 11.8 Å². The fraction of sp³-hybridized carbons (Fsp3) is 0.217. The van der Waals surface area contributed by atoms with Gasteiger partial charge < -0.3 is 15.3 Å². The van der Waals surface area contributed by atoms with E-state index in [4.69, 9.17) is 0 Å². The number of likely N-dealkylation sites (tertiary alicyclic amines) is 1. The highest BCUT2D eigenvalue weighted by Gasteiger charge is 2.36. The van der Waals surface area contributed by atoms with Crippen LogP contribution < -0.4 is 5.32 Å². The van der Waals surface area contributed by atoms with Crippen LogP contribution in [0.2, 0.25) is 0 Å². The molecule has 1 aliphatic heterocycles. The molecule has 0 bridgehead atoms. The van der Waals surface area contributed by atoms with Crippen LogP contribution in [-0.2, 0) is 11.0 Å². The summed E-state index contributed by atoms with van der Waals surface area (Å²) in [4.78, 5) is 27.2. The number of benzene rings is 3. The summed E-state index contributed by atoms with van der Waals surface area (Å²) in [5.74, 6) is -1.22. The second kappa shape index (κ2) is 7.94. The molecule has 1 atom stereocenters. The van der Waals surface area contributed by atoms with Crippen molar-refractivity contribution < 1.29 is 27.9 Å². The van der Waals surface area contributed by atoms with Gasteiger partial charge in [0.15, 0.2) is 0 Å². The molecule has 0 aliphatic carbocycles. The number of anilines is 1. The predicted octanol–water partition coefficient (Wildman–Crippen LogP) is 4.81. The van der Waals surface area contributed by atoms with E-state index in [2.05, 4.69) is 5.32 Å². The number of halogens is 3. The first-order valence-corrected chi connectivity index (χ1v) is 9.75. The Kier molecular flexibility index (Phi) is 5.31.